The second kappa shape index (κ2) is 7.00. The van der Waals surface area contributed by atoms with Gasteiger partial charge in [0.15, 0.2) is 5.78 Å². The number of rotatable bonds is 3. The summed E-state index contributed by atoms with van der Waals surface area (Å²) in [5.74, 6) is 0.268. The summed E-state index contributed by atoms with van der Waals surface area (Å²) >= 11 is 0. The summed E-state index contributed by atoms with van der Waals surface area (Å²) in [6.07, 6.45) is 2.30. The maximum Gasteiger partial charge on any atom is 0.189 e. The first-order valence-corrected chi connectivity index (χ1v) is 12.0. The van der Waals surface area contributed by atoms with Crippen molar-refractivity contribution < 1.29 is 4.79 Å². The molecule has 1 aliphatic heterocycles. The molecule has 2 heteroatoms. The largest absolute Gasteiger partial charge is 0.292 e. The monoisotopic (exact) mass is 427 g/mol. The number of carbonyl (C=O) groups is 1. The summed E-state index contributed by atoms with van der Waals surface area (Å²) in [5, 5.41) is 2.52. The normalized spacial score (nSPS) is 24.1. The molecule has 0 N–H and O–H groups in total. The van der Waals surface area contributed by atoms with E-state index >= 15 is 0 Å². The Morgan fingerprint density at radius 1 is 0.697 bits per heavy atom. The Balaban J connectivity index is 1.62. The van der Waals surface area contributed by atoms with E-state index < -0.39 is 5.54 Å². The zero-order valence-electron chi connectivity index (χ0n) is 18.5. The second-order valence-electron chi connectivity index (χ2n) is 9.49. The first-order valence-electron chi connectivity index (χ1n) is 12.0. The first kappa shape index (κ1) is 19.0. The van der Waals surface area contributed by atoms with Crippen molar-refractivity contribution in [1.29, 1.82) is 0 Å². The molecule has 1 saturated heterocycles. The van der Waals surface area contributed by atoms with Gasteiger partial charge in [-0.2, -0.15) is 0 Å². The summed E-state index contributed by atoms with van der Waals surface area (Å²) in [6.45, 7) is 1.94. The number of fused-ring (bicyclic) bond motifs is 3. The average Bonchev–Trinajstić information content (AvgIpc) is 3.56. The van der Waals surface area contributed by atoms with Crippen LogP contribution in [0.5, 0.6) is 0 Å². The molecule has 2 nitrogen and oxygen atoms in total. The lowest BCUT2D eigenvalue weighted by molar-refractivity contribution is -0.124. The Kier molecular flexibility index (Phi) is 4.04. The Labute approximate surface area is 194 Å². The van der Waals surface area contributed by atoms with Crippen LogP contribution in [0.2, 0.25) is 0 Å². The van der Waals surface area contributed by atoms with E-state index in [2.05, 4.69) is 83.8 Å². The van der Waals surface area contributed by atoms with Crippen LogP contribution in [-0.2, 0) is 10.3 Å². The molecular weight excluding hydrogens is 402 g/mol. The number of carbonyl (C=O) groups excluding carboxylic acids is 1. The molecule has 0 unspecified atom stereocenters. The molecule has 2 aliphatic carbocycles. The van der Waals surface area contributed by atoms with Crippen LogP contribution in [0, 0.1) is 0 Å². The van der Waals surface area contributed by atoms with Gasteiger partial charge in [0.1, 0.15) is 5.54 Å². The molecule has 0 amide bonds. The van der Waals surface area contributed by atoms with Crippen LogP contribution < -0.4 is 0 Å². The standard InChI is InChI=1S/C31H25NO/c33-30-28(23-13-5-2-6-14-23)27(22-11-3-1-4-12-22)29-24-17-9-15-21-16-10-18-25(26(21)24)31(29,30)32-19-7-8-20-32/h1-6,9-18,29H,7-8,19-20H2/t29-,31-/m1/s1. The smallest absolute Gasteiger partial charge is 0.189 e. The van der Waals surface area contributed by atoms with E-state index in [1.54, 1.807) is 0 Å². The van der Waals surface area contributed by atoms with E-state index in [4.69, 9.17) is 0 Å². The topological polar surface area (TPSA) is 20.3 Å². The Hall–Kier alpha value is -3.49. The van der Waals surface area contributed by atoms with E-state index in [0.717, 1.165) is 42.6 Å². The fraction of sp³-hybridized carbons (Fsp3) is 0.194. The summed E-state index contributed by atoms with van der Waals surface area (Å²) in [5.41, 5.74) is 6.10. The van der Waals surface area contributed by atoms with E-state index in [-0.39, 0.29) is 11.7 Å². The Bertz CT molecular complexity index is 1420. The maximum absolute atomic E-state index is 14.9. The number of hydrogen-bond acceptors (Lipinski definition) is 2. The van der Waals surface area contributed by atoms with Crippen LogP contribution in [-0.4, -0.2) is 23.8 Å². The molecule has 1 heterocycles. The van der Waals surface area contributed by atoms with Crippen LogP contribution in [0.3, 0.4) is 0 Å². The van der Waals surface area contributed by atoms with Crippen molar-refractivity contribution in [3.63, 3.8) is 0 Å². The molecule has 33 heavy (non-hydrogen) atoms. The fourth-order valence-corrected chi connectivity index (χ4v) is 6.77. The van der Waals surface area contributed by atoms with Gasteiger partial charge in [0.2, 0.25) is 0 Å². The van der Waals surface area contributed by atoms with Gasteiger partial charge in [-0.1, -0.05) is 97.1 Å². The Morgan fingerprint density at radius 2 is 1.33 bits per heavy atom. The summed E-state index contributed by atoms with van der Waals surface area (Å²) in [7, 11) is 0. The predicted molar refractivity (Wildman–Crippen MR) is 134 cm³/mol. The van der Waals surface area contributed by atoms with Crippen molar-refractivity contribution >= 4 is 27.7 Å². The zero-order valence-corrected chi connectivity index (χ0v) is 18.5. The van der Waals surface area contributed by atoms with Gasteiger partial charge in [0.25, 0.3) is 0 Å². The second-order valence-corrected chi connectivity index (χ2v) is 9.49. The molecule has 1 fully saturated rings. The van der Waals surface area contributed by atoms with Crippen molar-refractivity contribution in [2.75, 3.05) is 13.1 Å². The van der Waals surface area contributed by atoms with Gasteiger partial charge >= 0.3 is 0 Å². The van der Waals surface area contributed by atoms with Crippen LogP contribution in [0.1, 0.15) is 41.0 Å². The SMILES string of the molecule is O=C1C(c2ccccc2)=C(c2ccccc2)[C@H]2c3cccc4cccc(c34)[C@]12N1CCCC1. The third-order valence-electron chi connectivity index (χ3n) is 7.96. The van der Waals surface area contributed by atoms with E-state index in [1.807, 2.05) is 18.2 Å². The molecule has 0 bridgehead atoms. The number of nitrogens with zero attached hydrogens (tertiary/aromatic N) is 1. The third-order valence-corrected chi connectivity index (χ3v) is 7.96. The van der Waals surface area contributed by atoms with Gasteiger partial charge in [-0.25, -0.2) is 0 Å². The highest BCUT2D eigenvalue weighted by atomic mass is 16.1. The van der Waals surface area contributed by atoms with E-state index in [0.29, 0.717) is 0 Å². The molecule has 3 aliphatic rings. The lowest BCUT2D eigenvalue weighted by Crippen LogP contribution is -2.50. The van der Waals surface area contributed by atoms with Crippen LogP contribution in [0.4, 0.5) is 0 Å². The average molecular weight is 428 g/mol. The molecule has 7 rings (SSSR count). The first-order chi connectivity index (χ1) is 16.3. The van der Waals surface area contributed by atoms with Gasteiger partial charge in [0.05, 0.1) is 0 Å². The fourth-order valence-electron chi connectivity index (χ4n) is 6.77. The van der Waals surface area contributed by atoms with Crippen molar-refractivity contribution in [2.45, 2.75) is 24.3 Å². The summed E-state index contributed by atoms with van der Waals surface area (Å²) in [6, 6.07) is 34.1. The lowest BCUT2D eigenvalue weighted by Gasteiger charge is -2.40. The van der Waals surface area contributed by atoms with Crippen LogP contribution >= 0.6 is 0 Å². The summed E-state index contributed by atoms with van der Waals surface area (Å²) < 4.78 is 0. The van der Waals surface area contributed by atoms with E-state index in [9.17, 15) is 4.79 Å². The zero-order chi connectivity index (χ0) is 22.0. The molecule has 0 aromatic heterocycles. The predicted octanol–water partition coefficient (Wildman–Crippen LogP) is 6.42. The van der Waals surface area contributed by atoms with Gasteiger partial charge in [-0.3, -0.25) is 9.69 Å². The van der Waals surface area contributed by atoms with Gasteiger partial charge < -0.3 is 0 Å². The quantitative estimate of drug-likeness (QED) is 0.376. The van der Waals surface area contributed by atoms with Gasteiger partial charge in [-0.05, 0) is 64.5 Å². The molecule has 4 aromatic carbocycles. The van der Waals surface area contributed by atoms with Crippen molar-refractivity contribution in [3.8, 4) is 0 Å². The molecular formula is C31H25NO. The summed E-state index contributed by atoms with van der Waals surface area (Å²) in [4.78, 5) is 17.4. The van der Waals surface area contributed by atoms with Crippen molar-refractivity contribution in [1.82, 2.24) is 4.90 Å². The highest BCUT2D eigenvalue weighted by Crippen LogP contribution is 2.65. The molecule has 2 atom stereocenters. The molecule has 4 aromatic rings. The van der Waals surface area contributed by atoms with Crippen molar-refractivity contribution in [2.24, 2.45) is 0 Å². The van der Waals surface area contributed by atoms with Crippen LogP contribution in [0.15, 0.2) is 97.1 Å². The molecule has 0 saturated carbocycles. The molecule has 0 spiro atoms. The number of ketones is 1. The lowest BCUT2D eigenvalue weighted by atomic mass is 9.77. The van der Waals surface area contributed by atoms with Crippen molar-refractivity contribution in [3.05, 3.63) is 119 Å². The minimum absolute atomic E-state index is 0.00167. The minimum atomic E-state index is -0.657. The third kappa shape index (κ3) is 2.39. The van der Waals surface area contributed by atoms with E-state index in [1.165, 1.54) is 27.5 Å². The van der Waals surface area contributed by atoms with Crippen LogP contribution in [0.25, 0.3) is 21.9 Å². The molecule has 160 valence electrons. The number of benzene rings is 4. The highest BCUT2D eigenvalue weighted by molar-refractivity contribution is 6.38. The highest BCUT2D eigenvalue weighted by Gasteiger charge is 2.63. The minimum Gasteiger partial charge on any atom is -0.292 e. The molecule has 0 radical (unpaired) electrons. The number of hydrogen-bond donors (Lipinski definition) is 0. The Morgan fingerprint density at radius 3 is 2.03 bits per heavy atom. The van der Waals surface area contributed by atoms with Gasteiger partial charge in [0, 0.05) is 11.5 Å². The number of likely N-dealkylation sites (tertiary alicyclic amines) is 1. The number of Topliss-reactive ketones (excluding diaryl/α,β-unsaturated/α-hetero) is 1. The maximum atomic E-state index is 14.9. The van der Waals surface area contributed by atoms with Gasteiger partial charge in [-0.15, -0.1) is 0 Å².